The molecule has 0 fully saturated rings. The molecule has 1 nitrogen and oxygen atoms in total. The second kappa shape index (κ2) is 5.65. The van der Waals surface area contributed by atoms with Crippen LogP contribution in [-0.4, -0.2) is 11.0 Å². The van der Waals surface area contributed by atoms with Crippen LogP contribution in [0.25, 0.3) is 0 Å². The van der Waals surface area contributed by atoms with Gasteiger partial charge in [-0.3, -0.25) is 0 Å². The van der Waals surface area contributed by atoms with Crippen LogP contribution in [0.3, 0.4) is 0 Å². The lowest BCUT2D eigenvalue weighted by Crippen LogP contribution is -2.46. The SMILES string of the molecule is CCCCCC[C@]1(C(F)(F)F)Nc2ccccc2S1. The van der Waals surface area contributed by atoms with Gasteiger partial charge in [-0.15, -0.1) is 0 Å². The summed E-state index contributed by atoms with van der Waals surface area (Å²) in [6, 6.07) is 6.99. The average Bonchev–Trinajstić information content (AvgIpc) is 2.74. The molecule has 0 saturated heterocycles. The molecule has 2 rings (SSSR count). The maximum atomic E-state index is 13.4. The standard InChI is InChI=1S/C14H18F3NS/c1-2-3-4-7-10-13(14(15,16)17)18-11-8-5-6-9-12(11)19-13/h5-6,8-9,18H,2-4,7,10H2,1H3/t13-/m0/s1. The summed E-state index contributed by atoms with van der Waals surface area (Å²) < 4.78 is 40.2. The Morgan fingerprint density at radius 2 is 1.89 bits per heavy atom. The fraction of sp³-hybridized carbons (Fsp3) is 0.571. The van der Waals surface area contributed by atoms with Crippen molar-refractivity contribution in [1.29, 1.82) is 0 Å². The predicted molar refractivity (Wildman–Crippen MR) is 73.5 cm³/mol. The minimum atomic E-state index is -4.25. The molecule has 1 aliphatic heterocycles. The second-order valence-corrected chi connectivity index (χ2v) is 6.20. The maximum Gasteiger partial charge on any atom is 0.421 e. The molecule has 0 radical (unpaired) electrons. The van der Waals surface area contributed by atoms with Crippen molar-refractivity contribution in [1.82, 2.24) is 0 Å². The number of halogens is 3. The zero-order valence-corrected chi connectivity index (χ0v) is 11.7. The van der Waals surface area contributed by atoms with Gasteiger partial charge >= 0.3 is 6.18 Å². The van der Waals surface area contributed by atoms with E-state index in [-0.39, 0.29) is 6.42 Å². The lowest BCUT2D eigenvalue weighted by Gasteiger charge is -2.31. The monoisotopic (exact) mass is 289 g/mol. The first-order chi connectivity index (χ1) is 8.98. The normalized spacial score (nSPS) is 22.1. The number of alkyl halides is 3. The van der Waals surface area contributed by atoms with Crippen LogP contribution in [0.15, 0.2) is 29.2 Å². The molecule has 106 valence electrons. The Morgan fingerprint density at radius 1 is 1.16 bits per heavy atom. The zero-order chi connectivity index (χ0) is 13.9. The van der Waals surface area contributed by atoms with E-state index in [2.05, 4.69) is 12.2 Å². The van der Waals surface area contributed by atoms with Crippen molar-refractivity contribution in [3.05, 3.63) is 24.3 Å². The van der Waals surface area contributed by atoms with Gasteiger partial charge in [0.2, 0.25) is 0 Å². The molecule has 1 N–H and O–H groups in total. The summed E-state index contributed by atoms with van der Waals surface area (Å²) >= 11 is 0.912. The third kappa shape index (κ3) is 3.02. The summed E-state index contributed by atoms with van der Waals surface area (Å²) in [6.45, 7) is 2.05. The Morgan fingerprint density at radius 3 is 2.53 bits per heavy atom. The van der Waals surface area contributed by atoms with Gasteiger partial charge in [0.25, 0.3) is 0 Å². The third-order valence-electron chi connectivity index (χ3n) is 3.35. The Bertz CT molecular complexity index is 406. The van der Waals surface area contributed by atoms with Crippen LogP contribution < -0.4 is 5.32 Å². The molecule has 0 aromatic heterocycles. The number of hydrogen-bond donors (Lipinski definition) is 1. The highest BCUT2D eigenvalue weighted by molar-refractivity contribution is 8.01. The van der Waals surface area contributed by atoms with Crippen molar-refractivity contribution in [3.63, 3.8) is 0 Å². The van der Waals surface area contributed by atoms with Crippen molar-refractivity contribution in [3.8, 4) is 0 Å². The second-order valence-electron chi connectivity index (χ2n) is 4.86. The number of benzene rings is 1. The first-order valence-electron chi connectivity index (χ1n) is 6.61. The summed E-state index contributed by atoms with van der Waals surface area (Å²) in [5.74, 6) is 0. The van der Waals surface area contributed by atoms with Gasteiger partial charge < -0.3 is 5.32 Å². The van der Waals surface area contributed by atoms with E-state index in [1.807, 2.05) is 0 Å². The molecule has 0 aliphatic carbocycles. The molecule has 0 spiro atoms. The van der Waals surface area contributed by atoms with Crippen molar-refractivity contribution in [2.45, 2.75) is 55.0 Å². The first kappa shape index (κ1) is 14.6. The van der Waals surface area contributed by atoms with Crippen molar-refractivity contribution >= 4 is 17.4 Å². The minimum absolute atomic E-state index is 0.121. The summed E-state index contributed by atoms with van der Waals surface area (Å²) in [6.07, 6.45) is -0.654. The largest absolute Gasteiger partial charge is 0.421 e. The Labute approximate surface area is 116 Å². The van der Waals surface area contributed by atoms with Gasteiger partial charge in [-0.2, -0.15) is 13.2 Å². The van der Waals surface area contributed by atoms with Gasteiger partial charge in [0.15, 0.2) is 4.87 Å². The highest BCUT2D eigenvalue weighted by Crippen LogP contribution is 2.55. The molecular formula is C14H18F3NS. The van der Waals surface area contributed by atoms with Crippen molar-refractivity contribution < 1.29 is 13.2 Å². The Kier molecular flexibility index (Phi) is 4.33. The lowest BCUT2D eigenvalue weighted by atomic mass is 10.1. The molecule has 1 aromatic rings. The molecule has 1 aliphatic rings. The van der Waals surface area contributed by atoms with E-state index >= 15 is 0 Å². The fourth-order valence-corrected chi connectivity index (χ4v) is 3.55. The number of thioether (sulfide) groups is 1. The molecule has 0 unspecified atom stereocenters. The van der Waals surface area contributed by atoms with Crippen LogP contribution in [0.5, 0.6) is 0 Å². The molecular weight excluding hydrogens is 271 g/mol. The van der Waals surface area contributed by atoms with E-state index in [1.165, 1.54) is 0 Å². The number of hydrogen-bond acceptors (Lipinski definition) is 2. The van der Waals surface area contributed by atoms with Gasteiger partial charge in [0.05, 0.1) is 0 Å². The molecule has 0 saturated carbocycles. The molecule has 1 heterocycles. The number of nitrogens with one attached hydrogen (secondary N) is 1. The summed E-state index contributed by atoms with van der Waals surface area (Å²) in [5, 5.41) is 2.70. The van der Waals surface area contributed by atoms with Crippen molar-refractivity contribution in [2.75, 3.05) is 5.32 Å². The number of anilines is 1. The quantitative estimate of drug-likeness (QED) is 0.725. The van der Waals surface area contributed by atoms with E-state index in [4.69, 9.17) is 0 Å². The first-order valence-corrected chi connectivity index (χ1v) is 7.43. The van der Waals surface area contributed by atoms with Crippen LogP contribution in [0.2, 0.25) is 0 Å². The summed E-state index contributed by atoms with van der Waals surface area (Å²) in [7, 11) is 0. The molecule has 1 atom stereocenters. The summed E-state index contributed by atoms with van der Waals surface area (Å²) in [5.41, 5.74) is 0.598. The Balaban J connectivity index is 2.11. The maximum absolute atomic E-state index is 13.4. The molecule has 0 amide bonds. The van der Waals surface area contributed by atoms with Crippen LogP contribution in [-0.2, 0) is 0 Å². The fourth-order valence-electron chi connectivity index (χ4n) is 2.27. The van der Waals surface area contributed by atoms with Crippen LogP contribution in [0.1, 0.15) is 39.0 Å². The molecule has 0 bridgehead atoms. The molecule has 1 aromatic carbocycles. The number of rotatable bonds is 5. The van der Waals surface area contributed by atoms with Crippen molar-refractivity contribution in [2.24, 2.45) is 0 Å². The van der Waals surface area contributed by atoms with Gasteiger partial charge in [0, 0.05) is 10.6 Å². The van der Waals surface area contributed by atoms with E-state index in [0.717, 1.165) is 31.0 Å². The van der Waals surface area contributed by atoms with Gasteiger partial charge in [0.1, 0.15) is 0 Å². The number of unbranched alkanes of at least 4 members (excludes halogenated alkanes) is 3. The van der Waals surface area contributed by atoms with E-state index in [1.54, 1.807) is 24.3 Å². The number of para-hydroxylation sites is 1. The van der Waals surface area contributed by atoms with Gasteiger partial charge in [-0.1, -0.05) is 50.1 Å². The minimum Gasteiger partial charge on any atom is -0.362 e. The predicted octanol–water partition coefficient (Wildman–Crippen LogP) is 5.43. The van der Waals surface area contributed by atoms with Crippen LogP contribution in [0.4, 0.5) is 18.9 Å². The Hall–Kier alpha value is -0.840. The number of fused-ring (bicyclic) bond motifs is 1. The topological polar surface area (TPSA) is 12.0 Å². The molecule has 5 heteroatoms. The smallest absolute Gasteiger partial charge is 0.362 e. The highest BCUT2D eigenvalue weighted by Gasteiger charge is 2.58. The van der Waals surface area contributed by atoms with E-state index < -0.39 is 11.0 Å². The van der Waals surface area contributed by atoms with E-state index in [9.17, 15) is 13.2 Å². The molecule has 19 heavy (non-hydrogen) atoms. The van der Waals surface area contributed by atoms with Gasteiger partial charge in [-0.05, 0) is 25.0 Å². The third-order valence-corrected chi connectivity index (χ3v) is 4.81. The van der Waals surface area contributed by atoms with Crippen LogP contribution in [0, 0.1) is 0 Å². The van der Waals surface area contributed by atoms with Crippen LogP contribution >= 0.6 is 11.8 Å². The van der Waals surface area contributed by atoms with Gasteiger partial charge in [-0.25, -0.2) is 0 Å². The summed E-state index contributed by atoms with van der Waals surface area (Å²) in [4.78, 5) is -1.15. The zero-order valence-electron chi connectivity index (χ0n) is 10.9. The lowest BCUT2D eigenvalue weighted by molar-refractivity contribution is -0.153. The highest BCUT2D eigenvalue weighted by atomic mass is 32.2. The average molecular weight is 289 g/mol. The van der Waals surface area contributed by atoms with E-state index in [0.29, 0.717) is 17.0 Å².